The predicted molar refractivity (Wildman–Crippen MR) is 72.8 cm³/mol. The molecule has 4 heteroatoms. The Morgan fingerprint density at radius 1 is 0.778 bits per heavy atom. The highest BCUT2D eigenvalue weighted by molar-refractivity contribution is 4.60. The minimum Gasteiger partial charge on any atom is -0.394 e. The van der Waals surface area contributed by atoms with E-state index < -0.39 is 0 Å². The summed E-state index contributed by atoms with van der Waals surface area (Å²) in [5.41, 5.74) is 0. The Kier molecular flexibility index (Phi) is 9.64. The molecule has 4 unspecified atom stereocenters. The second-order valence-corrected chi connectivity index (χ2v) is 5.37. The number of aliphatic hydroxyl groups excluding tert-OH is 1. The largest absolute Gasteiger partial charge is 0.394 e. The Hall–Kier alpha value is -0.160. The fraction of sp³-hybridized carbons (Fsp3) is 1.00. The van der Waals surface area contributed by atoms with Crippen LogP contribution in [0.25, 0.3) is 0 Å². The van der Waals surface area contributed by atoms with E-state index in [2.05, 4.69) is 20.8 Å². The lowest BCUT2D eigenvalue weighted by atomic mass is 10.1. The van der Waals surface area contributed by atoms with E-state index in [1.165, 1.54) is 0 Å². The first-order valence-corrected chi connectivity index (χ1v) is 6.86. The normalized spacial score (nSPS) is 18.7. The monoisotopic (exact) mass is 262 g/mol. The molecule has 0 aliphatic carbocycles. The Balaban J connectivity index is 3.68. The second-order valence-electron chi connectivity index (χ2n) is 5.37. The van der Waals surface area contributed by atoms with Crippen molar-refractivity contribution >= 4 is 0 Å². The summed E-state index contributed by atoms with van der Waals surface area (Å²) in [6, 6.07) is 0. The number of hydrogen-bond acceptors (Lipinski definition) is 4. The summed E-state index contributed by atoms with van der Waals surface area (Å²) in [6.45, 7) is 13.3. The van der Waals surface area contributed by atoms with Gasteiger partial charge in [0.2, 0.25) is 0 Å². The Morgan fingerprint density at radius 2 is 1.28 bits per heavy atom. The third kappa shape index (κ3) is 8.86. The molecule has 0 rings (SSSR count). The van der Waals surface area contributed by atoms with Crippen LogP contribution >= 0.6 is 0 Å². The molecule has 4 nitrogen and oxygen atoms in total. The van der Waals surface area contributed by atoms with E-state index in [1.54, 1.807) is 0 Å². The summed E-state index contributed by atoms with van der Waals surface area (Å²) in [5, 5.41) is 8.83. The van der Waals surface area contributed by atoms with Crippen molar-refractivity contribution in [1.29, 1.82) is 0 Å². The van der Waals surface area contributed by atoms with Crippen LogP contribution in [-0.4, -0.2) is 49.3 Å². The highest BCUT2D eigenvalue weighted by Gasteiger charge is 2.14. The summed E-state index contributed by atoms with van der Waals surface area (Å²) in [4.78, 5) is 0. The van der Waals surface area contributed by atoms with Gasteiger partial charge >= 0.3 is 0 Å². The minimum absolute atomic E-state index is 0.0133. The van der Waals surface area contributed by atoms with E-state index in [0.29, 0.717) is 19.1 Å². The molecular weight excluding hydrogens is 232 g/mol. The molecule has 0 aliphatic heterocycles. The molecule has 0 fully saturated rings. The summed E-state index contributed by atoms with van der Waals surface area (Å²) in [7, 11) is 0. The van der Waals surface area contributed by atoms with Crippen LogP contribution in [0.5, 0.6) is 0 Å². The molecule has 4 atom stereocenters. The number of ether oxygens (including phenoxy) is 3. The Bertz CT molecular complexity index is 196. The van der Waals surface area contributed by atoms with E-state index in [1.807, 2.05) is 20.8 Å². The van der Waals surface area contributed by atoms with Crippen LogP contribution in [0.15, 0.2) is 0 Å². The topological polar surface area (TPSA) is 47.9 Å². The number of rotatable bonds is 10. The van der Waals surface area contributed by atoms with E-state index in [4.69, 9.17) is 19.3 Å². The molecule has 0 spiro atoms. The lowest BCUT2D eigenvalue weighted by Gasteiger charge is -2.23. The van der Waals surface area contributed by atoms with Crippen molar-refractivity contribution in [3.8, 4) is 0 Å². The van der Waals surface area contributed by atoms with E-state index in [9.17, 15) is 0 Å². The van der Waals surface area contributed by atoms with Crippen LogP contribution in [0.1, 0.15) is 41.5 Å². The van der Waals surface area contributed by atoms with Gasteiger partial charge in [0.1, 0.15) is 0 Å². The molecule has 110 valence electrons. The fourth-order valence-corrected chi connectivity index (χ4v) is 1.26. The van der Waals surface area contributed by atoms with Crippen molar-refractivity contribution in [2.45, 2.75) is 66.0 Å². The summed E-state index contributed by atoms with van der Waals surface area (Å²) in [5.74, 6) is 0.513. The maximum atomic E-state index is 8.83. The molecule has 0 aliphatic rings. The highest BCUT2D eigenvalue weighted by atomic mass is 16.6. The summed E-state index contributed by atoms with van der Waals surface area (Å²) in [6.07, 6.45) is 0.203. The molecule has 0 aromatic rings. The van der Waals surface area contributed by atoms with Gasteiger partial charge in [-0.2, -0.15) is 0 Å². The van der Waals surface area contributed by atoms with Crippen molar-refractivity contribution in [2.24, 2.45) is 5.92 Å². The van der Waals surface area contributed by atoms with Crippen molar-refractivity contribution < 1.29 is 19.3 Å². The molecule has 0 saturated carbocycles. The van der Waals surface area contributed by atoms with Crippen LogP contribution in [0.2, 0.25) is 0 Å². The van der Waals surface area contributed by atoms with E-state index >= 15 is 0 Å². The van der Waals surface area contributed by atoms with Gasteiger partial charge in [-0.3, -0.25) is 0 Å². The van der Waals surface area contributed by atoms with Crippen LogP contribution < -0.4 is 0 Å². The third-order valence-corrected chi connectivity index (χ3v) is 2.87. The average molecular weight is 262 g/mol. The molecule has 0 aromatic carbocycles. The van der Waals surface area contributed by atoms with Gasteiger partial charge in [0.25, 0.3) is 0 Å². The van der Waals surface area contributed by atoms with Gasteiger partial charge in [-0.15, -0.1) is 0 Å². The van der Waals surface area contributed by atoms with E-state index in [0.717, 1.165) is 0 Å². The van der Waals surface area contributed by atoms with Gasteiger partial charge in [0, 0.05) is 0 Å². The van der Waals surface area contributed by atoms with Gasteiger partial charge < -0.3 is 19.3 Å². The molecule has 18 heavy (non-hydrogen) atoms. The smallest absolute Gasteiger partial charge is 0.0784 e. The Morgan fingerprint density at radius 3 is 1.78 bits per heavy atom. The molecular formula is C14H30O4. The SMILES string of the molecule is CC(CO)OCC(C)OCC(C)OC(C)C(C)C. The third-order valence-electron chi connectivity index (χ3n) is 2.87. The summed E-state index contributed by atoms with van der Waals surface area (Å²) >= 11 is 0. The second kappa shape index (κ2) is 9.73. The first-order valence-electron chi connectivity index (χ1n) is 6.86. The lowest BCUT2D eigenvalue weighted by Crippen LogP contribution is -2.29. The van der Waals surface area contributed by atoms with Gasteiger partial charge in [-0.05, 0) is 33.6 Å². The predicted octanol–water partition coefficient (Wildman–Crippen LogP) is 2.24. The molecule has 1 N–H and O–H groups in total. The van der Waals surface area contributed by atoms with Crippen molar-refractivity contribution in [3.05, 3.63) is 0 Å². The van der Waals surface area contributed by atoms with Crippen LogP contribution in [0.4, 0.5) is 0 Å². The van der Waals surface area contributed by atoms with Gasteiger partial charge in [-0.1, -0.05) is 13.8 Å². The zero-order valence-corrected chi connectivity index (χ0v) is 12.7. The summed E-state index contributed by atoms with van der Waals surface area (Å²) < 4.78 is 16.8. The quantitative estimate of drug-likeness (QED) is 0.656. The number of aliphatic hydroxyl groups is 1. The fourth-order valence-electron chi connectivity index (χ4n) is 1.26. The molecule has 0 saturated heterocycles. The van der Waals surface area contributed by atoms with Gasteiger partial charge in [0.05, 0.1) is 44.2 Å². The van der Waals surface area contributed by atoms with Crippen LogP contribution in [-0.2, 0) is 14.2 Å². The standard InChI is InChI=1S/C14H30O4/c1-10(2)14(6)18-13(5)9-17-12(4)8-16-11(3)7-15/h10-15H,7-9H2,1-6H3. The van der Waals surface area contributed by atoms with Crippen molar-refractivity contribution in [1.82, 2.24) is 0 Å². The maximum Gasteiger partial charge on any atom is 0.0784 e. The minimum atomic E-state index is -0.134. The first-order chi connectivity index (χ1) is 8.36. The van der Waals surface area contributed by atoms with E-state index in [-0.39, 0.29) is 31.0 Å². The first kappa shape index (κ1) is 17.8. The lowest BCUT2D eigenvalue weighted by molar-refractivity contribution is -0.0934. The molecule has 0 aromatic heterocycles. The molecule has 0 amide bonds. The average Bonchev–Trinajstić information content (AvgIpc) is 2.32. The zero-order valence-electron chi connectivity index (χ0n) is 12.7. The Labute approximate surface area is 112 Å². The maximum absolute atomic E-state index is 8.83. The van der Waals surface area contributed by atoms with Gasteiger partial charge in [-0.25, -0.2) is 0 Å². The van der Waals surface area contributed by atoms with Crippen LogP contribution in [0.3, 0.4) is 0 Å². The van der Waals surface area contributed by atoms with Crippen molar-refractivity contribution in [2.75, 3.05) is 19.8 Å². The number of hydrogen-bond donors (Lipinski definition) is 1. The molecule has 0 bridgehead atoms. The highest BCUT2D eigenvalue weighted by Crippen LogP contribution is 2.09. The molecule has 0 heterocycles. The van der Waals surface area contributed by atoms with Crippen LogP contribution in [0, 0.1) is 5.92 Å². The van der Waals surface area contributed by atoms with Crippen molar-refractivity contribution in [3.63, 3.8) is 0 Å². The van der Waals surface area contributed by atoms with Gasteiger partial charge in [0.15, 0.2) is 0 Å². The molecule has 0 radical (unpaired) electrons. The zero-order chi connectivity index (χ0) is 14.1.